The number of nitriles is 1. The molecule has 0 saturated heterocycles. The molecule has 1 aromatic carbocycles. The molecule has 2 nitrogen and oxygen atoms in total. The molecule has 1 atom stereocenters. The Morgan fingerprint density at radius 3 is 2.54 bits per heavy atom. The van der Waals surface area contributed by atoms with Crippen molar-refractivity contribution in [2.45, 2.75) is 0 Å². The minimum atomic E-state index is -1.08. The van der Waals surface area contributed by atoms with Crippen LogP contribution in [-0.4, -0.2) is 10.8 Å². The molecule has 0 spiro atoms. The van der Waals surface area contributed by atoms with Gasteiger partial charge in [-0.25, -0.2) is 0 Å². The summed E-state index contributed by atoms with van der Waals surface area (Å²) >= 11 is -1.08. The highest BCUT2D eigenvalue weighted by atomic mass is 32.2. The van der Waals surface area contributed by atoms with Crippen molar-refractivity contribution in [3.63, 3.8) is 0 Å². The summed E-state index contributed by atoms with van der Waals surface area (Å²) in [4.78, 5) is 0. The van der Waals surface area contributed by atoms with Gasteiger partial charge in [0.1, 0.15) is 17.1 Å². The van der Waals surface area contributed by atoms with Crippen LogP contribution in [0, 0.1) is 11.3 Å². The number of benzene rings is 1. The van der Waals surface area contributed by atoms with Crippen LogP contribution in [0.4, 0.5) is 0 Å². The zero-order valence-corrected chi connectivity index (χ0v) is 8.04. The van der Waals surface area contributed by atoms with Crippen LogP contribution in [0.3, 0.4) is 0 Å². The molecular formula is C10H9NOS. The Kier molecular flexibility index (Phi) is 3.56. The number of rotatable bonds is 2. The van der Waals surface area contributed by atoms with Gasteiger partial charge < -0.3 is 4.55 Å². The lowest BCUT2D eigenvalue weighted by molar-refractivity contribution is 0.609. The zero-order chi connectivity index (χ0) is 9.68. The molecule has 0 bridgehead atoms. The molecule has 0 fully saturated rings. The van der Waals surface area contributed by atoms with E-state index < -0.39 is 11.2 Å². The van der Waals surface area contributed by atoms with Crippen LogP contribution < -0.4 is 0 Å². The Morgan fingerprint density at radius 1 is 1.46 bits per heavy atom. The van der Waals surface area contributed by atoms with Crippen LogP contribution >= 0.6 is 0 Å². The second-order valence-electron chi connectivity index (χ2n) is 2.51. The molecule has 0 saturated carbocycles. The summed E-state index contributed by atoms with van der Waals surface area (Å²) in [6.07, 6.45) is 1.54. The van der Waals surface area contributed by atoms with Crippen molar-refractivity contribution in [3.8, 4) is 6.07 Å². The van der Waals surface area contributed by atoms with Crippen LogP contribution in [0.5, 0.6) is 0 Å². The van der Waals surface area contributed by atoms with Gasteiger partial charge in [-0.15, -0.1) is 0 Å². The van der Waals surface area contributed by atoms with E-state index in [-0.39, 0.29) is 0 Å². The zero-order valence-electron chi connectivity index (χ0n) is 7.23. The monoisotopic (exact) mass is 191 g/mol. The molecule has 0 N–H and O–H groups in total. The fraction of sp³-hybridized carbons (Fsp3) is 0.100. The summed E-state index contributed by atoms with van der Waals surface area (Å²) in [7, 11) is 0. The average molecular weight is 191 g/mol. The van der Waals surface area contributed by atoms with Crippen LogP contribution in [0.15, 0.2) is 35.7 Å². The van der Waals surface area contributed by atoms with Gasteiger partial charge >= 0.3 is 0 Å². The third kappa shape index (κ3) is 2.94. The van der Waals surface area contributed by atoms with E-state index in [0.717, 1.165) is 5.56 Å². The van der Waals surface area contributed by atoms with E-state index in [1.165, 1.54) is 5.41 Å². The van der Waals surface area contributed by atoms with Gasteiger partial charge in [0.15, 0.2) is 0 Å². The fourth-order valence-electron chi connectivity index (χ4n) is 0.943. The van der Waals surface area contributed by atoms with Crippen molar-refractivity contribution in [3.05, 3.63) is 41.3 Å². The molecule has 3 heteroatoms. The van der Waals surface area contributed by atoms with Crippen LogP contribution in [-0.2, 0) is 11.2 Å². The molecule has 13 heavy (non-hydrogen) atoms. The van der Waals surface area contributed by atoms with Crippen molar-refractivity contribution < 1.29 is 4.55 Å². The molecule has 66 valence electrons. The highest BCUT2D eigenvalue weighted by Crippen LogP contribution is 2.13. The summed E-state index contributed by atoms with van der Waals surface area (Å²) in [5.74, 6) is 0. The molecular weight excluding hydrogens is 182 g/mol. The summed E-state index contributed by atoms with van der Waals surface area (Å²) in [5.41, 5.74) is 1.27. The molecule has 0 aliphatic rings. The van der Waals surface area contributed by atoms with Crippen molar-refractivity contribution in [1.29, 1.82) is 5.26 Å². The summed E-state index contributed by atoms with van der Waals surface area (Å²) in [6, 6.07) is 11.2. The topological polar surface area (TPSA) is 46.8 Å². The smallest absolute Gasteiger partial charge is 0.135 e. The van der Waals surface area contributed by atoms with E-state index in [2.05, 4.69) is 0 Å². The second-order valence-corrected chi connectivity index (χ2v) is 3.74. The first-order chi connectivity index (χ1) is 6.24. The van der Waals surface area contributed by atoms with Gasteiger partial charge in [0.05, 0.1) is 6.26 Å². The maximum absolute atomic E-state index is 10.9. The lowest BCUT2D eigenvalue weighted by Crippen LogP contribution is -1.91. The largest absolute Gasteiger partial charge is 0.612 e. The predicted octanol–water partition coefficient (Wildman–Crippen LogP) is 1.93. The van der Waals surface area contributed by atoms with Gasteiger partial charge in [-0.2, -0.15) is 5.26 Å². The van der Waals surface area contributed by atoms with Crippen LogP contribution in [0.2, 0.25) is 0 Å². The Balaban J connectivity index is 3.00. The Morgan fingerprint density at radius 2 is 2.08 bits per heavy atom. The molecule has 1 unspecified atom stereocenters. The average Bonchev–Trinajstić information content (AvgIpc) is 2.15. The first-order valence-electron chi connectivity index (χ1n) is 3.73. The third-order valence-corrected chi connectivity index (χ3v) is 2.06. The quantitative estimate of drug-likeness (QED) is 0.529. The predicted molar refractivity (Wildman–Crippen MR) is 54.1 cm³/mol. The Hall–Kier alpha value is -1.24. The van der Waals surface area contributed by atoms with Crippen molar-refractivity contribution in [1.82, 2.24) is 0 Å². The molecule has 1 rings (SSSR count). The van der Waals surface area contributed by atoms with E-state index in [9.17, 15) is 4.55 Å². The standard InChI is InChI=1S/C10H9NOS/c1-13(12)8-10(7-11)9-5-3-2-4-6-9/h2-6,8H,1H3/b10-8+. The lowest BCUT2D eigenvalue weighted by atomic mass is 10.1. The maximum atomic E-state index is 10.9. The van der Waals surface area contributed by atoms with Crippen molar-refractivity contribution in [2.75, 3.05) is 6.26 Å². The maximum Gasteiger partial charge on any atom is 0.135 e. The third-order valence-electron chi connectivity index (χ3n) is 1.49. The SMILES string of the molecule is C[S+]([O-])/C=C(\C#N)c1ccccc1. The van der Waals surface area contributed by atoms with Crippen LogP contribution in [0.25, 0.3) is 5.57 Å². The molecule has 0 amide bonds. The molecule has 0 aliphatic carbocycles. The first-order valence-corrected chi connectivity index (χ1v) is 5.35. The highest BCUT2D eigenvalue weighted by molar-refractivity contribution is 7.93. The first kappa shape index (κ1) is 9.85. The van der Waals surface area contributed by atoms with Gasteiger partial charge in [-0.1, -0.05) is 30.3 Å². The summed E-state index contributed by atoms with van der Waals surface area (Å²) in [6.45, 7) is 0. The second kappa shape index (κ2) is 4.70. The Labute approximate surface area is 80.7 Å². The lowest BCUT2D eigenvalue weighted by Gasteiger charge is -1.99. The number of hydrogen-bond acceptors (Lipinski definition) is 2. The minimum absolute atomic E-state index is 0.460. The van der Waals surface area contributed by atoms with E-state index in [0.29, 0.717) is 5.57 Å². The number of allylic oxidation sites excluding steroid dienone is 1. The highest BCUT2D eigenvalue weighted by Gasteiger charge is 2.02. The van der Waals surface area contributed by atoms with E-state index >= 15 is 0 Å². The number of nitrogens with zero attached hydrogens (tertiary/aromatic N) is 1. The minimum Gasteiger partial charge on any atom is -0.612 e. The normalized spacial score (nSPS) is 13.5. The van der Waals surface area contributed by atoms with Crippen molar-refractivity contribution >= 4 is 16.7 Å². The van der Waals surface area contributed by atoms with Gasteiger partial charge in [0, 0.05) is 0 Å². The molecule has 0 aliphatic heterocycles. The molecule has 1 aromatic rings. The molecule has 0 aromatic heterocycles. The van der Waals surface area contributed by atoms with Crippen LogP contribution in [0.1, 0.15) is 5.56 Å². The van der Waals surface area contributed by atoms with Gasteiger partial charge in [-0.05, 0) is 16.7 Å². The van der Waals surface area contributed by atoms with E-state index in [4.69, 9.17) is 5.26 Å². The van der Waals surface area contributed by atoms with Gasteiger partial charge in [-0.3, -0.25) is 0 Å². The molecule has 0 heterocycles. The molecule has 0 radical (unpaired) electrons. The summed E-state index contributed by atoms with van der Waals surface area (Å²) < 4.78 is 10.9. The van der Waals surface area contributed by atoms with Gasteiger partial charge in [0.25, 0.3) is 0 Å². The van der Waals surface area contributed by atoms with Gasteiger partial charge in [0.2, 0.25) is 0 Å². The van der Waals surface area contributed by atoms with E-state index in [1.54, 1.807) is 6.26 Å². The van der Waals surface area contributed by atoms with E-state index in [1.807, 2.05) is 36.4 Å². The van der Waals surface area contributed by atoms with Crippen molar-refractivity contribution in [2.24, 2.45) is 0 Å². The Bertz CT molecular complexity index is 338. The number of hydrogen-bond donors (Lipinski definition) is 0. The fourth-order valence-corrected chi connectivity index (χ4v) is 1.46. The summed E-state index contributed by atoms with van der Waals surface area (Å²) in [5, 5.41) is 10.2.